The van der Waals surface area contributed by atoms with E-state index in [0.29, 0.717) is 0 Å². The quantitative estimate of drug-likeness (QED) is 0.353. The summed E-state index contributed by atoms with van der Waals surface area (Å²) in [6.45, 7) is 0. The van der Waals surface area contributed by atoms with Crippen LogP contribution < -0.4 is 15.4 Å². The van der Waals surface area contributed by atoms with Gasteiger partial charge in [-0.05, 0) is 0 Å². The summed E-state index contributed by atoms with van der Waals surface area (Å²) in [5, 5.41) is 0. The van der Waals surface area contributed by atoms with Gasteiger partial charge in [-0.25, -0.2) is 0 Å². The van der Waals surface area contributed by atoms with Gasteiger partial charge in [0.1, 0.15) is 0 Å². The van der Waals surface area contributed by atoms with Crippen molar-refractivity contribution < 1.29 is 0 Å². The van der Waals surface area contributed by atoms with Crippen LogP contribution in [0.1, 0.15) is 7.43 Å². The van der Waals surface area contributed by atoms with Crippen LogP contribution in [0.3, 0.4) is 0 Å². The molecule has 0 aliphatic heterocycles. The SMILES string of the molecule is C.Cl.Cl[SiH2]Cl.Cl[SiH2]N[SiH2]N[SiH2]Cl.N. The van der Waals surface area contributed by atoms with Crippen molar-refractivity contribution in [3.8, 4) is 0 Å². The summed E-state index contributed by atoms with van der Waals surface area (Å²) < 4.78 is 6.26. The molecule has 0 radical (unpaired) electrons. The molecule has 0 aromatic heterocycles. The smallest absolute Gasteiger partial charge is 0.222 e. The number of rotatable bonds is 4. The molecule has 0 atom stereocenters. The fourth-order valence-corrected chi connectivity index (χ4v) is 4.94. The second kappa shape index (κ2) is 36.8. The number of halogens is 5. The average Bonchev–Trinajstić information content (AvgIpc) is 1.91. The molecule has 0 aliphatic carbocycles. The summed E-state index contributed by atoms with van der Waals surface area (Å²) in [6.07, 6.45) is 0. The van der Waals surface area contributed by atoms with E-state index >= 15 is 0 Å². The van der Waals surface area contributed by atoms with Crippen LogP contribution in [0.25, 0.3) is 0 Å². The van der Waals surface area contributed by atoms with Crippen LogP contribution in [0, 0.1) is 0 Å². The van der Waals surface area contributed by atoms with E-state index in [2.05, 4.69) is 9.30 Å². The van der Waals surface area contributed by atoms with E-state index in [1.54, 1.807) is 0 Å². The maximum absolute atomic E-state index is 5.43. The fraction of sp³-hybridized carbons (Fsp3) is 1.00. The van der Waals surface area contributed by atoms with Crippen LogP contribution in [0.15, 0.2) is 0 Å². The third kappa shape index (κ3) is 55.0. The van der Waals surface area contributed by atoms with E-state index in [1.807, 2.05) is 0 Å². The van der Waals surface area contributed by atoms with Crippen molar-refractivity contribution in [1.29, 1.82) is 0 Å². The van der Waals surface area contributed by atoms with Crippen LogP contribution in [0.5, 0.6) is 0 Å². The van der Waals surface area contributed by atoms with Gasteiger partial charge in [0.15, 0.2) is 27.8 Å². The number of hydrogen-bond donors (Lipinski definition) is 3. The van der Waals surface area contributed by atoms with E-state index in [9.17, 15) is 0 Å². The minimum atomic E-state index is -0.639. The highest BCUT2D eigenvalue weighted by Gasteiger charge is 1.80. The molecule has 0 saturated carbocycles. The molecule has 12 heteroatoms. The van der Waals surface area contributed by atoms with E-state index in [4.69, 9.17) is 44.3 Å². The predicted molar refractivity (Wildman–Crippen MR) is 82.9 cm³/mol. The molecule has 88 valence electrons. The average molecular weight is 362 g/mol. The maximum atomic E-state index is 5.43. The molecule has 0 heterocycles. The van der Waals surface area contributed by atoms with Crippen molar-refractivity contribution in [2.45, 2.75) is 7.43 Å². The van der Waals surface area contributed by atoms with Crippen LogP contribution in [-0.2, 0) is 0 Å². The molecule has 0 aromatic carbocycles. The standard InChI is InChI=1S/CH4.Cl2H8N2Si3.Cl2H2Si.ClH.H3N/c;1-5-3-7-4-6-2;1-3-2;;/h1H4;3-4H,5-7H2;3H2;1H;1H3. The largest absolute Gasteiger partial charge is 0.345 e. The molecule has 0 aromatic rings. The fourth-order valence-electron chi connectivity index (χ4n) is 0.183. The van der Waals surface area contributed by atoms with Crippen molar-refractivity contribution in [3.63, 3.8) is 0 Å². The van der Waals surface area contributed by atoms with Gasteiger partial charge in [0.05, 0.1) is 0 Å². The summed E-state index contributed by atoms with van der Waals surface area (Å²) in [5.74, 6) is 0. The Balaban J connectivity index is -0.0000000320. The van der Waals surface area contributed by atoms with Gasteiger partial charge in [0.25, 0.3) is 0 Å². The Morgan fingerprint density at radius 2 is 1.08 bits per heavy atom. The van der Waals surface area contributed by atoms with Crippen LogP contribution >= 0.6 is 56.7 Å². The van der Waals surface area contributed by atoms with Gasteiger partial charge in [-0.15, -0.1) is 12.4 Å². The number of nitrogens with one attached hydrogen (secondary N) is 2. The van der Waals surface area contributed by atoms with E-state index in [1.165, 1.54) is 0 Å². The lowest BCUT2D eigenvalue weighted by atomic mass is 12.0. The predicted octanol–water partition coefficient (Wildman–Crippen LogP) is -0.678. The Morgan fingerprint density at radius 1 is 0.846 bits per heavy atom. The minimum absolute atomic E-state index is 0. The third-order valence-electron chi connectivity index (χ3n) is 0.439. The summed E-state index contributed by atoms with van der Waals surface area (Å²) in [5.41, 5.74) is 0. The molecule has 0 fully saturated rings. The summed E-state index contributed by atoms with van der Waals surface area (Å²) in [7, 11) is -1.71. The van der Waals surface area contributed by atoms with Crippen LogP contribution in [0.4, 0.5) is 0 Å². The molecular weight excluding hydrogens is 344 g/mol. The number of hydrogen-bond acceptors (Lipinski definition) is 3. The topological polar surface area (TPSA) is 59.1 Å². The summed E-state index contributed by atoms with van der Waals surface area (Å²) in [6, 6.07) is 0. The van der Waals surface area contributed by atoms with E-state index < -0.39 is 26.1 Å². The molecule has 0 bridgehead atoms. The molecule has 5 N–H and O–H groups in total. The molecule has 0 amide bonds. The molecule has 0 unspecified atom stereocenters. The van der Waals surface area contributed by atoms with Gasteiger partial charge >= 0.3 is 0 Å². The molecule has 0 spiro atoms. The lowest BCUT2D eigenvalue weighted by Gasteiger charge is -1.94. The van der Waals surface area contributed by atoms with Gasteiger partial charge in [-0.2, -0.15) is 44.3 Å². The van der Waals surface area contributed by atoms with Crippen LogP contribution in [0.2, 0.25) is 0 Å². The Labute approximate surface area is 115 Å². The highest BCUT2D eigenvalue weighted by molar-refractivity contribution is 7.22. The first-order valence-corrected chi connectivity index (χ1v) is 13.9. The third-order valence-corrected chi connectivity index (χ3v) is 7.35. The second-order valence-electron chi connectivity index (χ2n) is 1.05. The highest BCUT2D eigenvalue weighted by Crippen LogP contribution is 1.67. The van der Waals surface area contributed by atoms with E-state index in [0.717, 1.165) is 0 Å². The zero-order valence-corrected chi connectivity index (χ0v) is 16.0. The zero-order valence-electron chi connectivity index (χ0n) is 6.46. The molecule has 0 saturated heterocycles. The monoisotopic (exact) mass is 359 g/mol. The Kier molecular flexibility index (Phi) is 83.4. The second-order valence-corrected chi connectivity index (χ2v) is 10.2. The van der Waals surface area contributed by atoms with Crippen molar-refractivity contribution in [2.24, 2.45) is 0 Å². The zero-order chi connectivity index (χ0) is 8.24. The van der Waals surface area contributed by atoms with Crippen molar-refractivity contribution in [1.82, 2.24) is 15.4 Å². The van der Waals surface area contributed by atoms with E-state index in [-0.39, 0.29) is 35.8 Å². The summed E-state index contributed by atoms with van der Waals surface area (Å²) >= 11 is 20.7. The summed E-state index contributed by atoms with van der Waals surface area (Å²) in [4.78, 5) is 0. The van der Waals surface area contributed by atoms with Gasteiger partial charge in [-0.3, -0.25) is 0 Å². The van der Waals surface area contributed by atoms with Crippen molar-refractivity contribution in [3.05, 3.63) is 0 Å². The normalized spacial score (nSPS) is 9.23. The first-order valence-electron chi connectivity index (χ1n) is 2.48. The molecule has 0 aliphatic rings. The Hall–Kier alpha value is 2.20. The van der Waals surface area contributed by atoms with Gasteiger partial charge in [0.2, 0.25) is 8.14 Å². The van der Waals surface area contributed by atoms with Gasteiger partial charge < -0.3 is 15.4 Å². The van der Waals surface area contributed by atoms with Crippen molar-refractivity contribution >= 4 is 92.7 Å². The molecule has 0 rings (SSSR count). The molecular formula is CH18Cl5N3Si4. The molecule has 13 heavy (non-hydrogen) atoms. The lowest BCUT2D eigenvalue weighted by molar-refractivity contribution is 1.46. The van der Waals surface area contributed by atoms with Crippen molar-refractivity contribution in [2.75, 3.05) is 0 Å². The van der Waals surface area contributed by atoms with Gasteiger partial charge in [0, 0.05) is 0 Å². The van der Waals surface area contributed by atoms with Crippen LogP contribution in [-0.4, -0.2) is 36.0 Å². The molecule has 3 nitrogen and oxygen atoms in total. The first-order chi connectivity index (χ1) is 4.83. The maximum Gasteiger partial charge on any atom is 0.222 e. The highest BCUT2D eigenvalue weighted by atomic mass is 35.7. The lowest BCUT2D eigenvalue weighted by Crippen LogP contribution is -2.34. The first kappa shape index (κ1) is 29.5. The minimum Gasteiger partial charge on any atom is -0.345 e. The van der Waals surface area contributed by atoms with Gasteiger partial charge in [-0.1, -0.05) is 7.43 Å². The Morgan fingerprint density at radius 3 is 1.23 bits per heavy atom. The Bertz CT molecular complexity index is 50.8.